The first-order valence-corrected chi connectivity index (χ1v) is 3.24. The van der Waals surface area contributed by atoms with Gasteiger partial charge in [0.2, 0.25) is 0 Å². The fraction of sp³-hybridized carbons (Fsp3) is 0.571. The molecule has 0 radical (unpaired) electrons. The second kappa shape index (κ2) is 2.84. The Balaban J connectivity index is 2.25. The summed E-state index contributed by atoms with van der Waals surface area (Å²) in [5, 5.41) is 0. The number of hydrogen-bond donors (Lipinski definition) is 0. The Labute approximate surface area is 59.6 Å². The van der Waals surface area contributed by atoms with Gasteiger partial charge in [-0.2, -0.15) is 0 Å². The summed E-state index contributed by atoms with van der Waals surface area (Å²) in [5.74, 6) is -0.285. The molecule has 0 aliphatic carbocycles. The van der Waals surface area contributed by atoms with Crippen LogP contribution in [-0.2, 0) is 14.3 Å². The van der Waals surface area contributed by atoms with Crippen LogP contribution in [0.2, 0.25) is 0 Å². The molecule has 56 valence electrons. The lowest BCUT2D eigenvalue weighted by molar-refractivity contribution is -0.144. The zero-order valence-corrected chi connectivity index (χ0v) is 5.87. The van der Waals surface area contributed by atoms with Gasteiger partial charge in [0.1, 0.15) is 6.10 Å². The van der Waals surface area contributed by atoms with E-state index >= 15 is 0 Å². The van der Waals surface area contributed by atoms with Crippen LogP contribution in [0.5, 0.6) is 0 Å². The Morgan fingerprint density at radius 3 is 3.00 bits per heavy atom. The third kappa shape index (κ3) is 1.36. The Morgan fingerprint density at radius 1 is 1.90 bits per heavy atom. The Kier molecular flexibility index (Phi) is 2.06. The third-order valence-corrected chi connectivity index (χ3v) is 1.28. The highest BCUT2D eigenvalue weighted by atomic mass is 16.6. The molecule has 0 amide bonds. The maximum Gasteiger partial charge on any atom is 0.338 e. The van der Waals surface area contributed by atoms with Crippen molar-refractivity contribution in [2.75, 3.05) is 6.61 Å². The number of carbonyl (C=O) groups is 1. The van der Waals surface area contributed by atoms with Gasteiger partial charge in [-0.1, -0.05) is 6.08 Å². The molecule has 1 aliphatic rings. The summed E-state index contributed by atoms with van der Waals surface area (Å²) < 4.78 is 9.57. The van der Waals surface area contributed by atoms with Crippen molar-refractivity contribution in [2.24, 2.45) is 0 Å². The molecule has 1 saturated heterocycles. The second-order valence-corrected chi connectivity index (χ2v) is 2.01. The summed E-state index contributed by atoms with van der Waals surface area (Å²) in [7, 11) is 0. The lowest BCUT2D eigenvalue weighted by Crippen LogP contribution is -2.12. The van der Waals surface area contributed by atoms with Crippen LogP contribution < -0.4 is 0 Å². The van der Waals surface area contributed by atoms with Crippen molar-refractivity contribution in [3.05, 3.63) is 12.7 Å². The van der Waals surface area contributed by atoms with E-state index < -0.39 is 0 Å². The van der Waals surface area contributed by atoms with Gasteiger partial charge >= 0.3 is 5.97 Å². The van der Waals surface area contributed by atoms with Gasteiger partial charge in [-0.3, -0.25) is 0 Å². The fourth-order valence-electron chi connectivity index (χ4n) is 0.717. The molecular weight excluding hydrogens is 132 g/mol. The summed E-state index contributed by atoms with van der Waals surface area (Å²) in [4.78, 5) is 10.8. The molecule has 2 atom stereocenters. The van der Waals surface area contributed by atoms with Gasteiger partial charge in [0.15, 0.2) is 6.10 Å². The number of esters is 1. The molecule has 0 aromatic rings. The highest BCUT2D eigenvalue weighted by Crippen LogP contribution is 2.23. The maximum absolute atomic E-state index is 10.8. The number of hydrogen-bond acceptors (Lipinski definition) is 3. The molecule has 1 aliphatic heterocycles. The van der Waals surface area contributed by atoms with Crippen LogP contribution in [0.3, 0.4) is 0 Å². The van der Waals surface area contributed by atoms with Crippen LogP contribution in [0.25, 0.3) is 0 Å². The molecule has 1 rings (SSSR count). The van der Waals surface area contributed by atoms with E-state index in [1.165, 1.54) is 0 Å². The quantitative estimate of drug-likeness (QED) is 0.327. The van der Waals surface area contributed by atoms with E-state index in [1.54, 1.807) is 13.0 Å². The zero-order chi connectivity index (χ0) is 7.56. The Bertz CT molecular complexity index is 153. The summed E-state index contributed by atoms with van der Waals surface area (Å²) in [6, 6.07) is 0. The van der Waals surface area contributed by atoms with Gasteiger partial charge in [-0.25, -0.2) is 4.79 Å². The lowest BCUT2D eigenvalue weighted by Gasteiger charge is -1.94. The van der Waals surface area contributed by atoms with Crippen molar-refractivity contribution in [3.63, 3.8) is 0 Å². The highest BCUT2D eigenvalue weighted by molar-refractivity contribution is 5.78. The molecule has 1 fully saturated rings. The van der Waals surface area contributed by atoms with E-state index in [4.69, 9.17) is 4.74 Å². The van der Waals surface area contributed by atoms with Crippen molar-refractivity contribution >= 4 is 5.97 Å². The minimum absolute atomic E-state index is 0.112. The Hall–Kier alpha value is -0.830. The van der Waals surface area contributed by atoms with Gasteiger partial charge in [0.05, 0.1) is 6.61 Å². The minimum atomic E-state index is -0.377. The molecule has 3 nitrogen and oxygen atoms in total. The topological polar surface area (TPSA) is 38.8 Å². The number of carbonyl (C=O) groups excluding carboxylic acids is 1. The molecule has 0 aromatic heterocycles. The average molecular weight is 142 g/mol. The monoisotopic (exact) mass is 142 g/mol. The molecule has 3 heteroatoms. The normalized spacial score (nSPS) is 29.3. The van der Waals surface area contributed by atoms with Crippen LogP contribution in [0.15, 0.2) is 12.7 Å². The summed E-state index contributed by atoms with van der Waals surface area (Å²) in [6.07, 6.45) is 1.11. The van der Waals surface area contributed by atoms with E-state index in [1.807, 2.05) is 0 Å². The molecule has 1 heterocycles. The summed E-state index contributed by atoms with van der Waals surface area (Å²) in [6.45, 7) is 5.66. The molecule has 0 N–H and O–H groups in total. The highest BCUT2D eigenvalue weighted by Gasteiger charge is 2.43. The number of rotatable bonds is 3. The fourth-order valence-corrected chi connectivity index (χ4v) is 0.717. The minimum Gasteiger partial charge on any atom is -0.464 e. The largest absolute Gasteiger partial charge is 0.464 e. The van der Waals surface area contributed by atoms with Crippen LogP contribution in [0.4, 0.5) is 0 Å². The third-order valence-electron chi connectivity index (χ3n) is 1.28. The maximum atomic E-state index is 10.8. The molecule has 0 bridgehead atoms. The average Bonchev–Trinajstić information content (AvgIpc) is 2.66. The molecule has 0 saturated carbocycles. The Morgan fingerprint density at radius 2 is 2.60 bits per heavy atom. The van der Waals surface area contributed by atoms with Gasteiger partial charge in [0.25, 0.3) is 0 Å². The van der Waals surface area contributed by atoms with Crippen LogP contribution in [0.1, 0.15) is 6.92 Å². The first-order chi connectivity index (χ1) is 4.79. The molecule has 10 heavy (non-hydrogen) atoms. The van der Waals surface area contributed by atoms with Crippen molar-refractivity contribution in [1.29, 1.82) is 0 Å². The van der Waals surface area contributed by atoms with Crippen molar-refractivity contribution < 1.29 is 14.3 Å². The predicted octanol–water partition coefficient (Wildman–Crippen LogP) is 0.503. The van der Waals surface area contributed by atoms with E-state index in [9.17, 15) is 4.79 Å². The first-order valence-electron chi connectivity index (χ1n) is 3.24. The molecule has 0 aromatic carbocycles. The molecular formula is C7H10O3. The van der Waals surface area contributed by atoms with Gasteiger partial charge in [-0.15, -0.1) is 6.58 Å². The van der Waals surface area contributed by atoms with Gasteiger partial charge in [-0.05, 0) is 6.92 Å². The van der Waals surface area contributed by atoms with Crippen molar-refractivity contribution in [1.82, 2.24) is 0 Å². The van der Waals surface area contributed by atoms with Gasteiger partial charge < -0.3 is 9.47 Å². The van der Waals surface area contributed by atoms with Crippen molar-refractivity contribution in [2.45, 2.75) is 19.1 Å². The zero-order valence-electron chi connectivity index (χ0n) is 5.87. The van der Waals surface area contributed by atoms with Crippen LogP contribution in [-0.4, -0.2) is 24.8 Å². The number of epoxide rings is 1. The second-order valence-electron chi connectivity index (χ2n) is 2.01. The van der Waals surface area contributed by atoms with Crippen LogP contribution >= 0.6 is 0 Å². The van der Waals surface area contributed by atoms with E-state index in [-0.39, 0.29) is 18.2 Å². The summed E-state index contributed by atoms with van der Waals surface area (Å²) >= 11 is 0. The van der Waals surface area contributed by atoms with Gasteiger partial charge in [0, 0.05) is 0 Å². The lowest BCUT2D eigenvalue weighted by atomic mass is 10.3. The standard InChI is InChI=1S/C7H10O3/c1-3-5-6(10-5)7(8)9-4-2/h3,5-6H,1,4H2,2H3. The number of ether oxygens (including phenoxy) is 2. The molecule has 2 unspecified atom stereocenters. The van der Waals surface area contributed by atoms with E-state index in [0.29, 0.717) is 6.61 Å². The van der Waals surface area contributed by atoms with E-state index in [2.05, 4.69) is 11.3 Å². The smallest absolute Gasteiger partial charge is 0.338 e. The summed E-state index contributed by atoms with van der Waals surface area (Å²) in [5.41, 5.74) is 0. The predicted molar refractivity (Wildman–Crippen MR) is 35.5 cm³/mol. The van der Waals surface area contributed by atoms with E-state index in [0.717, 1.165) is 0 Å². The molecule has 0 spiro atoms. The van der Waals surface area contributed by atoms with Crippen molar-refractivity contribution in [3.8, 4) is 0 Å². The van der Waals surface area contributed by atoms with Crippen LogP contribution in [0, 0.1) is 0 Å². The SMILES string of the molecule is C=CC1OC1C(=O)OCC. The first kappa shape index (κ1) is 7.28.